The molecule has 0 N–H and O–H groups in total. The molecule has 2 saturated carbocycles. The van der Waals surface area contributed by atoms with E-state index >= 15 is 0 Å². The Kier molecular flexibility index (Phi) is 4.79. The number of rotatable bonds is 2. The topological polar surface area (TPSA) is 26.3 Å². The van der Waals surface area contributed by atoms with E-state index in [0.717, 1.165) is 42.0 Å². The van der Waals surface area contributed by atoms with Gasteiger partial charge >= 0.3 is 0 Å². The molecule has 0 radical (unpaired) electrons. The third-order valence-corrected chi connectivity index (χ3v) is 6.13. The lowest BCUT2D eigenvalue weighted by Gasteiger charge is -2.36. The first-order valence-corrected chi connectivity index (χ1v) is 9.28. The van der Waals surface area contributed by atoms with Crippen LogP contribution in [-0.2, 0) is 4.79 Å². The first-order valence-electron chi connectivity index (χ1n) is 8.91. The molecule has 3 rings (SSSR count). The molecule has 2 nitrogen and oxygen atoms in total. The monoisotopic (exact) mass is 346 g/mol. The number of carbonyl (C=O) groups excluding carboxylic acids is 1. The van der Waals surface area contributed by atoms with Gasteiger partial charge in [0.2, 0.25) is 0 Å². The van der Waals surface area contributed by atoms with Crippen molar-refractivity contribution < 1.29 is 9.53 Å². The summed E-state index contributed by atoms with van der Waals surface area (Å²) in [5.41, 5.74) is 2.53. The van der Waals surface area contributed by atoms with Crippen LogP contribution in [0.3, 0.4) is 0 Å². The van der Waals surface area contributed by atoms with E-state index in [2.05, 4.69) is 19.9 Å². The molecule has 2 aliphatic rings. The minimum Gasteiger partial charge on any atom is -0.497 e. The van der Waals surface area contributed by atoms with Crippen LogP contribution in [0.4, 0.5) is 0 Å². The second-order valence-electron chi connectivity index (χ2n) is 8.21. The van der Waals surface area contributed by atoms with Gasteiger partial charge in [-0.25, -0.2) is 0 Å². The van der Waals surface area contributed by atoms with E-state index in [1.807, 2.05) is 18.2 Å². The lowest BCUT2D eigenvalue weighted by Crippen LogP contribution is -2.26. The van der Waals surface area contributed by atoms with Gasteiger partial charge in [-0.15, -0.1) is 0 Å². The fourth-order valence-corrected chi connectivity index (χ4v) is 5.25. The Balaban J connectivity index is 2.03. The third kappa shape index (κ3) is 3.39. The zero-order chi connectivity index (χ0) is 17.4. The van der Waals surface area contributed by atoms with E-state index < -0.39 is 0 Å². The van der Waals surface area contributed by atoms with Crippen LogP contribution in [0.5, 0.6) is 5.75 Å². The number of Topliss-reactive ketones (excluding diaryl/α,β-unsaturated/α-hetero) is 1. The van der Waals surface area contributed by atoms with Crippen molar-refractivity contribution in [3.05, 3.63) is 35.4 Å². The third-order valence-electron chi connectivity index (χ3n) is 5.69. The molecule has 3 heteroatoms. The number of hydrogen-bond acceptors (Lipinski definition) is 2. The molecule has 0 aliphatic heterocycles. The fourth-order valence-electron chi connectivity index (χ4n) is 4.83. The number of hydrogen-bond donors (Lipinski definition) is 0. The summed E-state index contributed by atoms with van der Waals surface area (Å²) in [6.45, 7) is 4.46. The van der Waals surface area contributed by atoms with Gasteiger partial charge in [-0.2, -0.15) is 0 Å². The normalized spacial score (nSPS) is 28.8. The lowest BCUT2D eigenvalue weighted by atomic mass is 9.68. The summed E-state index contributed by atoms with van der Waals surface area (Å²) in [4.78, 5) is 12.2. The molecule has 2 fully saturated rings. The van der Waals surface area contributed by atoms with Gasteiger partial charge < -0.3 is 4.74 Å². The average Bonchev–Trinajstić information content (AvgIpc) is 2.89. The fraction of sp³-hybridized carbons (Fsp3) is 0.571. The molecule has 24 heavy (non-hydrogen) atoms. The standard InChI is InChI=1S/C21H27ClO2/c1-20(2)13-16(23)9-11-21(14-20)10-5-8-18(21)19(22)15-6-4-7-17(12-15)24-3/h4,6-7,12H,5,8-11,13-14H2,1-3H3/b19-18+. The summed E-state index contributed by atoms with van der Waals surface area (Å²) >= 11 is 6.89. The smallest absolute Gasteiger partial charge is 0.133 e. The van der Waals surface area contributed by atoms with Crippen LogP contribution in [0, 0.1) is 10.8 Å². The van der Waals surface area contributed by atoms with E-state index in [1.165, 1.54) is 12.0 Å². The minimum atomic E-state index is 0.0503. The highest BCUT2D eigenvalue weighted by atomic mass is 35.5. The number of ether oxygens (including phenoxy) is 1. The van der Waals surface area contributed by atoms with Crippen LogP contribution < -0.4 is 4.74 Å². The quantitative estimate of drug-likeness (QED) is 0.658. The van der Waals surface area contributed by atoms with Gasteiger partial charge in [-0.1, -0.05) is 37.6 Å². The van der Waals surface area contributed by atoms with Gasteiger partial charge in [0.05, 0.1) is 7.11 Å². The largest absolute Gasteiger partial charge is 0.497 e. The zero-order valence-electron chi connectivity index (χ0n) is 15.0. The average molecular weight is 347 g/mol. The Morgan fingerprint density at radius 2 is 2.00 bits per heavy atom. The van der Waals surface area contributed by atoms with Crippen molar-refractivity contribution in [2.24, 2.45) is 10.8 Å². The number of benzene rings is 1. The molecular formula is C21H27ClO2. The van der Waals surface area contributed by atoms with Gasteiger partial charge in [0.25, 0.3) is 0 Å². The van der Waals surface area contributed by atoms with Crippen LogP contribution >= 0.6 is 11.6 Å². The summed E-state index contributed by atoms with van der Waals surface area (Å²) in [5, 5.41) is 0.872. The molecule has 1 aromatic rings. The second kappa shape index (κ2) is 6.55. The summed E-state index contributed by atoms with van der Waals surface area (Å²) in [6, 6.07) is 7.99. The van der Waals surface area contributed by atoms with Gasteiger partial charge in [-0.3, -0.25) is 4.79 Å². The Hall–Kier alpha value is -1.28. The van der Waals surface area contributed by atoms with Crippen LogP contribution in [0.1, 0.15) is 64.4 Å². The van der Waals surface area contributed by atoms with E-state index in [0.29, 0.717) is 18.6 Å². The minimum absolute atomic E-state index is 0.0503. The van der Waals surface area contributed by atoms with E-state index in [4.69, 9.17) is 16.3 Å². The molecule has 1 atom stereocenters. The predicted molar refractivity (Wildman–Crippen MR) is 99.3 cm³/mol. The molecule has 1 unspecified atom stereocenters. The van der Waals surface area contributed by atoms with Crippen LogP contribution in [0.2, 0.25) is 0 Å². The molecule has 1 spiro atoms. The van der Waals surface area contributed by atoms with Crippen LogP contribution in [0.15, 0.2) is 29.8 Å². The molecule has 0 saturated heterocycles. The number of ketones is 1. The maximum atomic E-state index is 12.2. The number of methoxy groups -OCH3 is 1. The molecule has 1 aromatic carbocycles. The number of allylic oxidation sites excluding steroid dienone is 1. The Bertz CT molecular complexity index is 674. The van der Waals surface area contributed by atoms with Crippen molar-refractivity contribution in [1.82, 2.24) is 0 Å². The maximum Gasteiger partial charge on any atom is 0.133 e. The predicted octanol–water partition coefficient (Wildman–Crippen LogP) is 5.98. The Morgan fingerprint density at radius 3 is 2.75 bits per heavy atom. The molecule has 0 amide bonds. The number of halogens is 1. The molecule has 130 valence electrons. The van der Waals surface area contributed by atoms with Crippen molar-refractivity contribution in [2.45, 2.75) is 58.8 Å². The van der Waals surface area contributed by atoms with Gasteiger partial charge in [0.1, 0.15) is 11.5 Å². The number of carbonyl (C=O) groups is 1. The van der Waals surface area contributed by atoms with Crippen molar-refractivity contribution in [3.63, 3.8) is 0 Å². The highest BCUT2D eigenvalue weighted by molar-refractivity contribution is 6.49. The summed E-state index contributed by atoms with van der Waals surface area (Å²) < 4.78 is 5.35. The summed E-state index contributed by atoms with van der Waals surface area (Å²) in [7, 11) is 1.68. The summed E-state index contributed by atoms with van der Waals surface area (Å²) in [6.07, 6.45) is 6.75. The van der Waals surface area contributed by atoms with Gasteiger partial charge in [-0.05, 0) is 66.2 Å². The first kappa shape index (κ1) is 17.5. The van der Waals surface area contributed by atoms with Crippen molar-refractivity contribution in [1.29, 1.82) is 0 Å². The van der Waals surface area contributed by atoms with Gasteiger partial charge in [0.15, 0.2) is 0 Å². The molecule has 0 heterocycles. The Labute approximate surface area is 150 Å². The van der Waals surface area contributed by atoms with E-state index in [1.54, 1.807) is 7.11 Å². The summed E-state index contributed by atoms with van der Waals surface area (Å²) in [5.74, 6) is 1.23. The SMILES string of the molecule is COc1cccc(/C(Cl)=C2/CCCC23CCC(=O)CC(C)(C)C3)c1. The molecule has 2 aliphatic carbocycles. The lowest BCUT2D eigenvalue weighted by molar-refractivity contribution is -0.120. The van der Waals surface area contributed by atoms with Crippen molar-refractivity contribution in [2.75, 3.05) is 7.11 Å². The van der Waals surface area contributed by atoms with Crippen molar-refractivity contribution in [3.8, 4) is 5.75 Å². The Morgan fingerprint density at radius 1 is 1.21 bits per heavy atom. The van der Waals surface area contributed by atoms with Crippen molar-refractivity contribution >= 4 is 22.4 Å². The zero-order valence-corrected chi connectivity index (χ0v) is 15.7. The molecule has 0 aromatic heterocycles. The highest BCUT2D eigenvalue weighted by Gasteiger charge is 2.46. The first-order chi connectivity index (χ1) is 11.4. The molecule has 0 bridgehead atoms. The van der Waals surface area contributed by atoms with Gasteiger partial charge in [0, 0.05) is 17.9 Å². The molecular weight excluding hydrogens is 320 g/mol. The second-order valence-corrected chi connectivity index (χ2v) is 8.59. The maximum absolute atomic E-state index is 12.2. The van der Waals surface area contributed by atoms with Crippen LogP contribution in [-0.4, -0.2) is 12.9 Å². The van der Waals surface area contributed by atoms with E-state index in [9.17, 15) is 4.79 Å². The van der Waals surface area contributed by atoms with Crippen LogP contribution in [0.25, 0.3) is 5.03 Å². The highest BCUT2D eigenvalue weighted by Crippen LogP contribution is 2.57. The van der Waals surface area contributed by atoms with E-state index in [-0.39, 0.29) is 10.8 Å².